The largest absolute Gasteiger partial charge is 0.329 e. The molecule has 1 amide bonds. The van der Waals surface area contributed by atoms with E-state index >= 15 is 0 Å². The fourth-order valence-electron chi connectivity index (χ4n) is 2.15. The van der Waals surface area contributed by atoms with Gasteiger partial charge < -0.3 is 0 Å². The molecule has 0 aliphatic carbocycles. The van der Waals surface area contributed by atoms with Gasteiger partial charge in [0, 0.05) is 6.54 Å². The lowest BCUT2D eigenvalue weighted by molar-refractivity contribution is -0.123. The Balaban J connectivity index is 2.75. The maximum absolute atomic E-state index is 12.3. The van der Waals surface area contributed by atoms with Crippen LogP contribution in [0.3, 0.4) is 0 Å². The average Bonchev–Trinajstić information content (AvgIpc) is 2.68. The molecule has 0 fully saturated rings. The molecule has 0 bridgehead atoms. The Labute approximate surface area is 104 Å². The molecule has 96 valence electrons. The predicted molar refractivity (Wildman–Crippen MR) is 68.9 cm³/mol. The van der Waals surface area contributed by atoms with Gasteiger partial charge in [0.25, 0.3) is 5.91 Å². The summed E-state index contributed by atoms with van der Waals surface area (Å²) >= 11 is 0. The third kappa shape index (κ3) is 1.70. The van der Waals surface area contributed by atoms with Gasteiger partial charge in [-0.2, -0.15) is 0 Å². The quantitative estimate of drug-likeness (QED) is 0.468. The number of hydrogen-bond acceptors (Lipinski definition) is 3. The smallest absolute Gasteiger partial charge is 0.292 e. The van der Waals surface area contributed by atoms with Crippen LogP contribution in [0.25, 0.3) is 11.0 Å². The third-order valence-corrected chi connectivity index (χ3v) is 3.09. The van der Waals surface area contributed by atoms with Crippen LogP contribution in [0.1, 0.15) is 19.9 Å². The Morgan fingerprint density at radius 1 is 1.39 bits per heavy atom. The SMILES string of the molecule is CCn1c(=O)n(C(C)C(=O)NN)c2ccccc21. The maximum Gasteiger partial charge on any atom is 0.329 e. The van der Waals surface area contributed by atoms with E-state index in [4.69, 9.17) is 5.84 Å². The Kier molecular flexibility index (Phi) is 3.20. The van der Waals surface area contributed by atoms with Crippen molar-refractivity contribution in [3.63, 3.8) is 0 Å². The van der Waals surface area contributed by atoms with E-state index in [2.05, 4.69) is 5.43 Å². The second-order valence-electron chi connectivity index (χ2n) is 4.07. The monoisotopic (exact) mass is 248 g/mol. The van der Waals surface area contributed by atoms with E-state index < -0.39 is 11.9 Å². The zero-order valence-corrected chi connectivity index (χ0v) is 10.4. The van der Waals surface area contributed by atoms with Crippen LogP contribution in [0.2, 0.25) is 0 Å². The van der Waals surface area contributed by atoms with Crippen LogP contribution in [0.5, 0.6) is 0 Å². The standard InChI is InChI=1S/C12H16N4O2/c1-3-15-9-6-4-5-7-10(9)16(12(15)18)8(2)11(17)14-13/h4-8H,3,13H2,1-2H3,(H,14,17). The summed E-state index contributed by atoms with van der Waals surface area (Å²) < 4.78 is 3.09. The zero-order valence-electron chi connectivity index (χ0n) is 10.4. The molecule has 0 aliphatic heterocycles. The molecule has 0 aliphatic rings. The first-order chi connectivity index (χ1) is 8.61. The molecule has 1 unspecified atom stereocenters. The molecular formula is C12H16N4O2. The summed E-state index contributed by atoms with van der Waals surface area (Å²) in [5.41, 5.74) is 3.43. The predicted octanol–water partition coefficient (Wildman–Crippen LogP) is 0.374. The number of rotatable bonds is 3. The number of amides is 1. The van der Waals surface area contributed by atoms with E-state index in [1.807, 2.05) is 31.2 Å². The fraction of sp³-hybridized carbons (Fsp3) is 0.333. The van der Waals surface area contributed by atoms with Crippen molar-refractivity contribution in [1.82, 2.24) is 14.6 Å². The van der Waals surface area contributed by atoms with Gasteiger partial charge in [-0.3, -0.25) is 19.4 Å². The molecule has 1 atom stereocenters. The lowest BCUT2D eigenvalue weighted by Crippen LogP contribution is -2.39. The Morgan fingerprint density at radius 3 is 2.56 bits per heavy atom. The summed E-state index contributed by atoms with van der Waals surface area (Å²) in [5.74, 6) is 4.73. The average molecular weight is 248 g/mol. The van der Waals surface area contributed by atoms with Gasteiger partial charge in [-0.15, -0.1) is 0 Å². The van der Waals surface area contributed by atoms with E-state index in [0.717, 1.165) is 11.0 Å². The highest BCUT2D eigenvalue weighted by Crippen LogP contribution is 2.16. The summed E-state index contributed by atoms with van der Waals surface area (Å²) in [6.45, 7) is 4.10. The minimum absolute atomic E-state index is 0.199. The highest BCUT2D eigenvalue weighted by atomic mass is 16.2. The van der Waals surface area contributed by atoms with Gasteiger partial charge in [-0.25, -0.2) is 10.6 Å². The van der Waals surface area contributed by atoms with Crippen LogP contribution in [0.15, 0.2) is 29.1 Å². The van der Waals surface area contributed by atoms with Crippen LogP contribution < -0.4 is 17.0 Å². The number of nitrogens with one attached hydrogen (secondary N) is 1. The van der Waals surface area contributed by atoms with Gasteiger partial charge in [0.1, 0.15) is 6.04 Å². The normalized spacial score (nSPS) is 12.6. The molecule has 3 N–H and O–H groups in total. The van der Waals surface area contributed by atoms with Gasteiger partial charge in [0.15, 0.2) is 0 Å². The van der Waals surface area contributed by atoms with Gasteiger partial charge in [0.05, 0.1) is 11.0 Å². The number of hydrogen-bond donors (Lipinski definition) is 2. The Hall–Kier alpha value is -2.08. The molecular weight excluding hydrogens is 232 g/mol. The minimum atomic E-state index is -0.639. The van der Waals surface area contributed by atoms with Gasteiger partial charge in [-0.1, -0.05) is 12.1 Å². The number of imidazole rings is 1. The topological polar surface area (TPSA) is 82.0 Å². The van der Waals surface area contributed by atoms with E-state index in [1.54, 1.807) is 11.5 Å². The number of aromatic nitrogens is 2. The summed E-state index contributed by atoms with van der Waals surface area (Å²) in [6, 6.07) is 6.75. The number of benzene rings is 1. The lowest BCUT2D eigenvalue weighted by atomic mass is 10.2. The van der Waals surface area contributed by atoms with Crippen LogP contribution in [0, 0.1) is 0 Å². The molecule has 0 saturated carbocycles. The Bertz CT molecular complexity index is 641. The van der Waals surface area contributed by atoms with Crippen molar-refractivity contribution in [3.8, 4) is 0 Å². The maximum atomic E-state index is 12.3. The number of carbonyl (C=O) groups is 1. The fourth-order valence-corrected chi connectivity index (χ4v) is 2.15. The number of nitrogens with zero attached hydrogens (tertiary/aromatic N) is 2. The molecule has 0 spiro atoms. The van der Waals surface area contributed by atoms with Crippen LogP contribution in [-0.4, -0.2) is 15.0 Å². The first-order valence-electron chi connectivity index (χ1n) is 5.82. The molecule has 1 aromatic carbocycles. The van der Waals surface area contributed by atoms with Crippen LogP contribution in [0.4, 0.5) is 0 Å². The van der Waals surface area contributed by atoms with Crippen molar-refractivity contribution in [2.24, 2.45) is 5.84 Å². The molecule has 1 heterocycles. The Morgan fingerprint density at radius 2 is 2.00 bits per heavy atom. The minimum Gasteiger partial charge on any atom is -0.292 e. The van der Waals surface area contributed by atoms with E-state index in [0.29, 0.717) is 6.54 Å². The summed E-state index contributed by atoms with van der Waals surface area (Å²) in [4.78, 5) is 23.9. The number of nitrogens with two attached hydrogens (primary N) is 1. The highest BCUT2D eigenvalue weighted by Gasteiger charge is 2.21. The third-order valence-electron chi connectivity index (χ3n) is 3.09. The first kappa shape index (κ1) is 12.4. The van der Waals surface area contributed by atoms with Crippen molar-refractivity contribution < 1.29 is 4.79 Å². The van der Waals surface area contributed by atoms with Gasteiger partial charge in [-0.05, 0) is 26.0 Å². The number of hydrazine groups is 1. The highest BCUT2D eigenvalue weighted by molar-refractivity contribution is 5.83. The number of para-hydroxylation sites is 2. The molecule has 2 rings (SSSR count). The second kappa shape index (κ2) is 4.66. The molecule has 0 saturated heterocycles. The van der Waals surface area contributed by atoms with Crippen molar-refractivity contribution in [3.05, 3.63) is 34.7 Å². The molecule has 18 heavy (non-hydrogen) atoms. The van der Waals surface area contributed by atoms with Crippen LogP contribution >= 0.6 is 0 Å². The van der Waals surface area contributed by atoms with Crippen molar-refractivity contribution in [1.29, 1.82) is 0 Å². The number of carbonyl (C=O) groups excluding carboxylic acids is 1. The van der Waals surface area contributed by atoms with Crippen LogP contribution in [-0.2, 0) is 11.3 Å². The lowest BCUT2D eigenvalue weighted by Gasteiger charge is -2.11. The summed E-state index contributed by atoms with van der Waals surface area (Å²) in [5, 5.41) is 0. The zero-order chi connectivity index (χ0) is 13.3. The van der Waals surface area contributed by atoms with E-state index in [1.165, 1.54) is 4.57 Å². The molecule has 0 radical (unpaired) electrons. The van der Waals surface area contributed by atoms with Gasteiger partial charge >= 0.3 is 5.69 Å². The summed E-state index contributed by atoms with van der Waals surface area (Å²) in [6.07, 6.45) is 0. The van der Waals surface area contributed by atoms with E-state index in [9.17, 15) is 9.59 Å². The molecule has 2 aromatic rings. The first-order valence-corrected chi connectivity index (χ1v) is 5.82. The molecule has 1 aromatic heterocycles. The summed E-state index contributed by atoms with van der Waals surface area (Å²) in [7, 11) is 0. The van der Waals surface area contributed by atoms with E-state index in [-0.39, 0.29) is 5.69 Å². The molecule has 6 heteroatoms. The van der Waals surface area contributed by atoms with Crippen molar-refractivity contribution in [2.75, 3.05) is 0 Å². The molecule has 6 nitrogen and oxygen atoms in total. The number of aryl methyl sites for hydroxylation is 1. The van der Waals surface area contributed by atoms with Crippen molar-refractivity contribution >= 4 is 16.9 Å². The second-order valence-corrected chi connectivity index (χ2v) is 4.07. The van der Waals surface area contributed by atoms with Crippen molar-refractivity contribution in [2.45, 2.75) is 26.4 Å². The van der Waals surface area contributed by atoms with Gasteiger partial charge in [0.2, 0.25) is 0 Å². The number of fused-ring (bicyclic) bond motifs is 1.